The molecule has 0 aromatic carbocycles. The maximum absolute atomic E-state index is 12.8. The van der Waals surface area contributed by atoms with Gasteiger partial charge in [-0.3, -0.25) is 0 Å². The predicted molar refractivity (Wildman–Crippen MR) is 87.8 cm³/mol. The Bertz CT molecular complexity index is 355. The first kappa shape index (κ1) is 17.6. The largest absolute Gasteiger partial charge is 0.443 e. The maximum atomic E-state index is 12.8. The molecule has 0 atom stereocenters. The van der Waals surface area contributed by atoms with E-state index in [1.54, 1.807) is 0 Å². The van der Waals surface area contributed by atoms with Gasteiger partial charge in [0.15, 0.2) is 0 Å². The van der Waals surface area contributed by atoms with Crippen LogP contribution in [0.3, 0.4) is 0 Å². The highest BCUT2D eigenvalue weighted by atomic mass is 16.6. The Kier molecular flexibility index (Phi) is 6.13. The van der Waals surface area contributed by atoms with Crippen LogP contribution in [0.4, 0.5) is 4.79 Å². The zero-order valence-corrected chi connectivity index (χ0v) is 14.5. The SMILES string of the molecule is CCC(C)(C)OC(=O)N(C1CCCCC1)C1CCC(O)CC1. The number of nitrogens with zero attached hydrogens (tertiary/aromatic N) is 1. The van der Waals surface area contributed by atoms with Crippen LogP contribution in [-0.4, -0.2) is 39.9 Å². The first-order valence-corrected chi connectivity index (χ1v) is 9.12. The van der Waals surface area contributed by atoms with Crippen molar-refractivity contribution in [2.24, 2.45) is 0 Å². The first-order valence-electron chi connectivity index (χ1n) is 9.12. The molecule has 0 aliphatic heterocycles. The number of rotatable bonds is 4. The van der Waals surface area contributed by atoms with E-state index in [1.807, 2.05) is 18.7 Å². The van der Waals surface area contributed by atoms with Crippen molar-refractivity contribution in [3.8, 4) is 0 Å². The number of carbonyl (C=O) groups excluding carboxylic acids is 1. The average molecular weight is 311 g/mol. The predicted octanol–water partition coefficient (Wildman–Crippen LogP) is 4.25. The Morgan fingerprint density at radius 2 is 1.59 bits per heavy atom. The highest BCUT2D eigenvalue weighted by Gasteiger charge is 2.36. The molecule has 0 aromatic rings. The quantitative estimate of drug-likeness (QED) is 0.844. The third-order valence-electron chi connectivity index (χ3n) is 5.45. The number of carbonyl (C=O) groups is 1. The van der Waals surface area contributed by atoms with Gasteiger partial charge in [0.25, 0.3) is 0 Å². The Hall–Kier alpha value is -0.770. The molecule has 2 aliphatic carbocycles. The normalized spacial score (nSPS) is 27.5. The first-order chi connectivity index (χ1) is 10.4. The molecular formula is C18H33NO3. The molecule has 2 rings (SSSR count). The van der Waals surface area contributed by atoms with Gasteiger partial charge in [0, 0.05) is 12.1 Å². The summed E-state index contributed by atoms with van der Waals surface area (Å²) in [5, 5.41) is 9.75. The van der Waals surface area contributed by atoms with Gasteiger partial charge in [-0.2, -0.15) is 0 Å². The highest BCUT2D eigenvalue weighted by Crippen LogP contribution is 2.32. The molecule has 0 radical (unpaired) electrons. The van der Waals surface area contributed by atoms with Gasteiger partial charge in [0.05, 0.1) is 6.10 Å². The van der Waals surface area contributed by atoms with Crippen molar-refractivity contribution in [2.45, 2.75) is 109 Å². The van der Waals surface area contributed by atoms with Gasteiger partial charge in [0.1, 0.15) is 5.60 Å². The fourth-order valence-corrected chi connectivity index (χ4v) is 3.65. The fraction of sp³-hybridized carbons (Fsp3) is 0.944. The molecule has 0 spiro atoms. The smallest absolute Gasteiger partial charge is 0.410 e. The van der Waals surface area contributed by atoms with Gasteiger partial charge in [-0.1, -0.05) is 26.2 Å². The van der Waals surface area contributed by atoms with Crippen molar-refractivity contribution in [3.63, 3.8) is 0 Å². The molecule has 2 saturated carbocycles. The maximum Gasteiger partial charge on any atom is 0.410 e. The van der Waals surface area contributed by atoms with Crippen molar-refractivity contribution in [1.82, 2.24) is 4.90 Å². The summed E-state index contributed by atoms with van der Waals surface area (Å²) in [6.45, 7) is 6.01. The van der Waals surface area contributed by atoms with Gasteiger partial charge in [-0.05, 0) is 58.8 Å². The summed E-state index contributed by atoms with van der Waals surface area (Å²) in [7, 11) is 0. The fourth-order valence-electron chi connectivity index (χ4n) is 3.65. The van der Waals surface area contributed by atoms with Crippen LogP contribution in [0, 0.1) is 0 Å². The molecule has 2 aliphatic rings. The number of hydrogen-bond acceptors (Lipinski definition) is 3. The zero-order valence-electron chi connectivity index (χ0n) is 14.5. The van der Waals surface area contributed by atoms with E-state index in [0.29, 0.717) is 6.04 Å². The summed E-state index contributed by atoms with van der Waals surface area (Å²) < 4.78 is 5.81. The number of amides is 1. The number of aliphatic hydroxyl groups excluding tert-OH is 1. The van der Waals surface area contributed by atoms with Crippen molar-refractivity contribution >= 4 is 6.09 Å². The van der Waals surface area contributed by atoms with E-state index in [4.69, 9.17) is 4.74 Å². The Balaban J connectivity index is 2.08. The average Bonchev–Trinajstić information content (AvgIpc) is 2.50. The summed E-state index contributed by atoms with van der Waals surface area (Å²) in [5.74, 6) is 0. The van der Waals surface area contributed by atoms with Crippen molar-refractivity contribution in [2.75, 3.05) is 0 Å². The van der Waals surface area contributed by atoms with Gasteiger partial charge >= 0.3 is 6.09 Å². The Labute approximate surface area is 135 Å². The molecule has 1 amide bonds. The number of aliphatic hydroxyl groups is 1. The lowest BCUT2D eigenvalue weighted by molar-refractivity contribution is -0.0208. The van der Waals surface area contributed by atoms with E-state index in [2.05, 4.69) is 6.92 Å². The van der Waals surface area contributed by atoms with Gasteiger partial charge in [-0.25, -0.2) is 4.79 Å². The van der Waals surface area contributed by atoms with E-state index >= 15 is 0 Å². The highest BCUT2D eigenvalue weighted by molar-refractivity contribution is 5.69. The molecule has 4 heteroatoms. The van der Waals surface area contributed by atoms with E-state index in [0.717, 1.165) is 44.9 Å². The molecular weight excluding hydrogens is 278 g/mol. The van der Waals surface area contributed by atoms with Crippen LogP contribution in [0.1, 0.15) is 85.0 Å². The van der Waals surface area contributed by atoms with E-state index in [9.17, 15) is 9.90 Å². The lowest BCUT2D eigenvalue weighted by Gasteiger charge is -2.42. The molecule has 0 saturated heterocycles. The summed E-state index contributed by atoms with van der Waals surface area (Å²) in [4.78, 5) is 14.9. The van der Waals surface area contributed by atoms with Gasteiger partial charge < -0.3 is 14.7 Å². The lowest BCUT2D eigenvalue weighted by atomic mass is 9.88. The molecule has 22 heavy (non-hydrogen) atoms. The standard InChI is InChI=1S/C18H33NO3/c1-4-18(2,3)22-17(21)19(14-8-6-5-7-9-14)15-10-12-16(20)13-11-15/h14-16,20H,4-13H2,1-3H3. The van der Waals surface area contributed by atoms with Crippen LogP contribution in [0.25, 0.3) is 0 Å². The molecule has 128 valence electrons. The van der Waals surface area contributed by atoms with Crippen LogP contribution in [-0.2, 0) is 4.74 Å². The van der Waals surface area contributed by atoms with Crippen LogP contribution in [0.5, 0.6) is 0 Å². The minimum Gasteiger partial charge on any atom is -0.443 e. The second-order valence-corrected chi connectivity index (χ2v) is 7.64. The van der Waals surface area contributed by atoms with Crippen molar-refractivity contribution in [1.29, 1.82) is 0 Å². The molecule has 0 unspecified atom stereocenters. The third-order valence-corrected chi connectivity index (χ3v) is 5.45. The van der Waals surface area contributed by atoms with Crippen LogP contribution >= 0.6 is 0 Å². The molecule has 0 bridgehead atoms. The topological polar surface area (TPSA) is 49.8 Å². The summed E-state index contributed by atoms with van der Waals surface area (Å²) in [6, 6.07) is 0.570. The minimum absolute atomic E-state index is 0.139. The Morgan fingerprint density at radius 3 is 2.14 bits per heavy atom. The molecule has 1 N–H and O–H groups in total. The lowest BCUT2D eigenvalue weighted by Crippen LogP contribution is -2.51. The minimum atomic E-state index is -0.405. The molecule has 2 fully saturated rings. The monoisotopic (exact) mass is 311 g/mol. The summed E-state index contributed by atoms with van der Waals surface area (Å²) in [5.41, 5.74) is -0.405. The van der Waals surface area contributed by atoms with Crippen LogP contribution < -0.4 is 0 Å². The molecule has 4 nitrogen and oxygen atoms in total. The van der Waals surface area contributed by atoms with Crippen LogP contribution in [0.15, 0.2) is 0 Å². The van der Waals surface area contributed by atoms with Gasteiger partial charge in [-0.15, -0.1) is 0 Å². The van der Waals surface area contributed by atoms with E-state index < -0.39 is 5.60 Å². The van der Waals surface area contributed by atoms with E-state index in [-0.39, 0.29) is 18.2 Å². The van der Waals surface area contributed by atoms with Crippen molar-refractivity contribution in [3.05, 3.63) is 0 Å². The Morgan fingerprint density at radius 1 is 1.05 bits per heavy atom. The number of ether oxygens (including phenoxy) is 1. The van der Waals surface area contributed by atoms with Gasteiger partial charge in [0.2, 0.25) is 0 Å². The second kappa shape index (κ2) is 7.67. The molecule has 0 aromatic heterocycles. The van der Waals surface area contributed by atoms with Crippen LogP contribution in [0.2, 0.25) is 0 Å². The second-order valence-electron chi connectivity index (χ2n) is 7.64. The summed E-state index contributed by atoms with van der Waals surface area (Å²) >= 11 is 0. The summed E-state index contributed by atoms with van der Waals surface area (Å²) in [6.07, 6.45) is 9.80. The third kappa shape index (κ3) is 4.61. The van der Waals surface area contributed by atoms with E-state index in [1.165, 1.54) is 19.3 Å². The molecule has 0 heterocycles. The van der Waals surface area contributed by atoms with Crippen molar-refractivity contribution < 1.29 is 14.6 Å². The zero-order chi connectivity index (χ0) is 16.2. The number of hydrogen-bond donors (Lipinski definition) is 1.